The van der Waals surface area contributed by atoms with Gasteiger partial charge in [-0.1, -0.05) is 31.5 Å². The van der Waals surface area contributed by atoms with Crippen LogP contribution in [0.4, 0.5) is 11.5 Å². The first-order valence-corrected chi connectivity index (χ1v) is 8.93. The lowest BCUT2D eigenvalue weighted by Crippen LogP contribution is -2.49. The van der Waals surface area contributed by atoms with E-state index < -0.39 is 0 Å². The molecular formula is C19H25N5O. The smallest absolute Gasteiger partial charge is 0.272 e. The van der Waals surface area contributed by atoms with E-state index in [1.807, 2.05) is 23.1 Å². The number of rotatable bonds is 6. The summed E-state index contributed by atoms with van der Waals surface area (Å²) >= 11 is 0. The molecule has 0 aliphatic carbocycles. The number of carbonyl (C=O) groups is 1. The molecule has 1 aliphatic heterocycles. The van der Waals surface area contributed by atoms with Crippen molar-refractivity contribution in [1.29, 1.82) is 0 Å². The molecule has 0 radical (unpaired) electrons. The minimum absolute atomic E-state index is 0.0198. The van der Waals surface area contributed by atoms with Gasteiger partial charge in [0.1, 0.15) is 17.8 Å². The summed E-state index contributed by atoms with van der Waals surface area (Å²) in [6.45, 7) is 6.08. The number of piperazine rings is 1. The predicted octanol–water partition coefficient (Wildman–Crippen LogP) is 2.65. The number of carbonyl (C=O) groups excluding carboxylic acids is 1. The molecular weight excluding hydrogens is 314 g/mol. The quantitative estimate of drug-likeness (QED) is 0.820. The number of nitrogens with one attached hydrogen (secondary N) is 1. The molecule has 1 saturated heterocycles. The second-order valence-corrected chi connectivity index (χ2v) is 6.18. The standard InChI is InChI=1S/C19H25N5O/c1-2-3-9-20-18-14-17(21-15-22-18)19(25)24-12-10-23(11-13-24)16-7-5-4-6-8-16/h4-8,14-15H,2-3,9-13H2,1H3,(H,20,21,22). The van der Waals surface area contributed by atoms with Crippen molar-refractivity contribution in [2.75, 3.05) is 42.9 Å². The average Bonchev–Trinajstić information content (AvgIpc) is 2.69. The summed E-state index contributed by atoms with van der Waals surface area (Å²) in [6, 6.07) is 12.1. The predicted molar refractivity (Wildman–Crippen MR) is 100.0 cm³/mol. The van der Waals surface area contributed by atoms with Crippen LogP contribution in [0.15, 0.2) is 42.7 Å². The molecule has 1 aliphatic rings. The van der Waals surface area contributed by atoms with Crippen molar-refractivity contribution in [3.63, 3.8) is 0 Å². The second kappa shape index (κ2) is 8.46. The van der Waals surface area contributed by atoms with Crippen LogP contribution in [0.1, 0.15) is 30.3 Å². The summed E-state index contributed by atoms with van der Waals surface area (Å²) in [4.78, 5) is 25.2. The molecule has 2 heterocycles. The third kappa shape index (κ3) is 4.47. The van der Waals surface area contributed by atoms with Gasteiger partial charge in [-0.3, -0.25) is 4.79 Å². The molecule has 3 rings (SSSR count). The van der Waals surface area contributed by atoms with Crippen LogP contribution in [0, 0.1) is 0 Å². The summed E-state index contributed by atoms with van der Waals surface area (Å²) in [5, 5.41) is 3.24. The van der Waals surface area contributed by atoms with Crippen molar-refractivity contribution < 1.29 is 4.79 Å². The highest BCUT2D eigenvalue weighted by Gasteiger charge is 2.23. The van der Waals surface area contributed by atoms with Crippen LogP contribution >= 0.6 is 0 Å². The van der Waals surface area contributed by atoms with Gasteiger partial charge in [-0.05, 0) is 18.6 Å². The van der Waals surface area contributed by atoms with Gasteiger partial charge in [-0.2, -0.15) is 0 Å². The molecule has 0 unspecified atom stereocenters. The van der Waals surface area contributed by atoms with Crippen molar-refractivity contribution in [2.24, 2.45) is 0 Å². The number of nitrogens with zero attached hydrogens (tertiary/aromatic N) is 4. The van der Waals surface area contributed by atoms with Crippen LogP contribution in [0.2, 0.25) is 0 Å². The SMILES string of the molecule is CCCCNc1cc(C(=O)N2CCN(c3ccccc3)CC2)ncn1. The van der Waals surface area contributed by atoms with Crippen LogP contribution in [0.3, 0.4) is 0 Å². The number of unbranched alkanes of at least 4 members (excludes halogenated alkanes) is 1. The van der Waals surface area contributed by atoms with E-state index >= 15 is 0 Å². The topological polar surface area (TPSA) is 61.4 Å². The van der Waals surface area contributed by atoms with E-state index in [9.17, 15) is 4.79 Å². The van der Waals surface area contributed by atoms with Gasteiger partial charge in [0.05, 0.1) is 0 Å². The maximum Gasteiger partial charge on any atom is 0.272 e. The summed E-state index contributed by atoms with van der Waals surface area (Å²) in [7, 11) is 0. The van der Waals surface area contributed by atoms with Crippen molar-refractivity contribution in [3.05, 3.63) is 48.4 Å². The van der Waals surface area contributed by atoms with Gasteiger partial charge in [0.25, 0.3) is 5.91 Å². The number of hydrogen-bond acceptors (Lipinski definition) is 5. The molecule has 2 aromatic rings. The van der Waals surface area contributed by atoms with E-state index in [4.69, 9.17) is 0 Å². The Hall–Kier alpha value is -2.63. The van der Waals surface area contributed by atoms with Gasteiger partial charge < -0.3 is 15.1 Å². The number of para-hydroxylation sites is 1. The van der Waals surface area contributed by atoms with Crippen LogP contribution < -0.4 is 10.2 Å². The summed E-state index contributed by atoms with van der Waals surface area (Å²) < 4.78 is 0. The Balaban J connectivity index is 1.58. The molecule has 1 N–H and O–H groups in total. The third-order valence-electron chi connectivity index (χ3n) is 4.41. The minimum atomic E-state index is -0.0198. The minimum Gasteiger partial charge on any atom is -0.370 e. The van der Waals surface area contributed by atoms with Gasteiger partial charge in [-0.15, -0.1) is 0 Å². The van der Waals surface area contributed by atoms with Gasteiger partial charge in [-0.25, -0.2) is 9.97 Å². The Labute approximate surface area is 148 Å². The van der Waals surface area contributed by atoms with Gasteiger partial charge >= 0.3 is 0 Å². The highest BCUT2D eigenvalue weighted by molar-refractivity contribution is 5.93. The Bertz CT molecular complexity index is 683. The summed E-state index contributed by atoms with van der Waals surface area (Å²) in [5.74, 6) is 0.698. The maximum atomic E-state index is 12.7. The van der Waals surface area contributed by atoms with Crippen molar-refractivity contribution in [1.82, 2.24) is 14.9 Å². The fraction of sp³-hybridized carbons (Fsp3) is 0.421. The fourth-order valence-electron chi connectivity index (χ4n) is 2.93. The maximum absolute atomic E-state index is 12.7. The molecule has 6 heteroatoms. The molecule has 0 bridgehead atoms. The number of amides is 1. The number of benzene rings is 1. The van der Waals surface area contributed by atoms with Crippen molar-refractivity contribution in [3.8, 4) is 0 Å². The van der Waals surface area contributed by atoms with Gasteiger partial charge in [0, 0.05) is 44.5 Å². The van der Waals surface area contributed by atoms with Crippen LogP contribution in [0.5, 0.6) is 0 Å². The second-order valence-electron chi connectivity index (χ2n) is 6.18. The molecule has 6 nitrogen and oxygen atoms in total. The van der Waals surface area contributed by atoms with E-state index in [0.29, 0.717) is 18.8 Å². The highest BCUT2D eigenvalue weighted by Crippen LogP contribution is 2.17. The normalized spacial score (nSPS) is 14.4. The van der Waals surface area contributed by atoms with Crippen LogP contribution in [0.25, 0.3) is 0 Å². The number of aromatic nitrogens is 2. The Morgan fingerprint density at radius 1 is 1.12 bits per heavy atom. The number of hydrogen-bond donors (Lipinski definition) is 1. The van der Waals surface area contributed by atoms with E-state index in [0.717, 1.165) is 38.3 Å². The highest BCUT2D eigenvalue weighted by atomic mass is 16.2. The van der Waals surface area contributed by atoms with Crippen molar-refractivity contribution in [2.45, 2.75) is 19.8 Å². The Kier molecular flexibility index (Phi) is 5.82. The van der Waals surface area contributed by atoms with Crippen LogP contribution in [-0.4, -0.2) is 53.5 Å². The fourth-order valence-corrected chi connectivity index (χ4v) is 2.93. The van der Waals surface area contributed by atoms with Crippen molar-refractivity contribution >= 4 is 17.4 Å². The molecule has 132 valence electrons. The molecule has 0 spiro atoms. The van der Waals surface area contributed by atoms with E-state index in [1.54, 1.807) is 6.07 Å². The Morgan fingerprint density at radius 2 is 1.88 bits per heavy atom. The molecule has 1 amide bonds. The zero-order chi connectivity index (χ0) is 17.5. The zero-order valence-electron chi connectivity index (χ0n) is 14.7. The first kappa shape index (κ1) is 17.2. The molecule has 0 atom stereocenters. The number of anilines is 2. The zero-order valence-corrected chi connectivity index (χ0v) is 14.7. The van der Waals surface area contributed by atoms with E-state index in [1.165, 1.54) is 12.0 Å². The first-order chi connectivity index (χ1) is 12.3. The average molecular weight is 339 g/mol. The lowest BCUT2D eigenvalue weighted by atomic mass is 10.2. The molecule has 0 saturated carbocycles. The van der Waals surface area contributed by atoms with E-state index in [2.05, 4.69) is 39.2 Å². The van der Waals surface area contributed by atoms with Gasteiger partial charge in [0.2, 0.25) is 0 Å². The molecule has 25 heavy (non-hydrogen) atoms. The van der Waals surface area contributed by atoms with Crippen LogP contribution in [-0.2, 0) is 0 Å². The summed E-state index contributed by atoms with van der Waals surface area (Å²) in [6.07, 6.45) is 3.66. The largest absolute Gasteiger partial charge is 0.370 e. The third-order valence-corrected chi connectivity index (χ3v) is 4.41. The molecule has 1 aromatic carbocycles. The lowest BCUT2D eigenvalue weighted by Gasteiger charge is -2.36. The summed E-state index contributed by atoms with van der Waals surface area (Å²) in [5.41, 5.74) is 1.67. The molecule has 1 aromatic heterocycles. The Morgan fingerprint density at radius 3 is 2.60 bits per heavy atom. The molecule has 1 fully saturated rings. The lowest BCUT2D eigenvalue weighted by molar-refractivity contribution is 0.0740. The monoisotopic (exact) mass is 339 g/mol. The van der Waals surface area contributed by atoms with Gasteiger partial charge in [0.15, 0.2) is 0 Å². The van der Waals surface area contributed by atoms with E-state index in [-0.39, 0.29) is 5.91 Å². The first-order valence-electron chi connectivity index (χ1n) is 8.93.